The maximum Gasteiger partial charge on any atom is 0.379 e. The zero-order valence-corrected chi connectivity index (χ0v) is 4.42. The smallest absolute Gasteiger partial charge is 0.379 e. The predicted octanol–water partition coefficient (Wildman–Crippen LogP) is 0.137. The minimum Gasteiger partial charge on any atom is -0.501 e. The highest BCUT2D eigenvalue weighted by Gasteiger charge is 1.87. The molecule has 0 aliphatic carbocycles. The molecule has 0 aromatic carbocycles. The number of rotatable bonds is 1. The topological polar surface area (TPSA) is 35.3 Å². The normalized spacial score (nSPS) is 8.71. The van der Waals surface area contributed by atoms with Crippen LogP contribution in [0.1, 0.15) is 0 Å². The van der Waals surface area contributed by atoms with E-state index in [1.807, 2.05) is 0 Å². The van der Waals surface area contributed by atoms with Crippen molar-refractivity contribution in [3.05, 3.63) is 12.5 Å². The molecule has 0 unspecified atom stereocenters. The van der Waals surface area contributed by atoms with Crippen LogP contribution in [-0.4, -0.2) is 15.5 Å². The molecule has 0 saturated carbocycles. The minimum absolute atomic E-state index is 0.219. The highest BCUT2D eigenvalue weighted by molar-refractivity contribution is 5.99. The molecule has 0 aliphatic heterocycles. The molecule has 0 bridgehead atoms. The summed E-state index contributed by atoms with van der Waals surface area (Å²) < 4.78 is 8.98. The molecule has 0 atom stereocenters. The highest BCUT2D eigenvalue weighted by Crippen LogP contribution is 2.00. The number of aromatic nitrogens is 1. The zero-order chi connectivity index (χ0) is 5.11. The van der Waals surface area contributed by atoms with Gasteiger partial charge in [-0.05, 0) is 0 Å². The van der Waals surface area contributed by atoms with Gasteiger partial charge in [0.15, 0.2) is 0 Å². The Labute approximate surface area is 43.9 Å². The Morgan fingerprint density at radius 1 is 1.86 bits per heavy atom. The van der Waals surface area contributed by atoms with Crippen molar-refractivity contribution in [2.24, 2.45) is 0 Å². The lowest BCUT2D eigenvalue weighted by Crippen LogP contribution is -1.81. The average Bonchev–Trinajstić information content (AvgIpc) is 2.14. The Balaban J connectivity index is 2.76. The van der Waals surface area contributed by atoms with Gasteiger partial charge in [0.2, 0.25) is 0 Å². The van der Waals surface area contributed by atoms with Crippen LogP contribution in [0.4, 0.5) is 0 Å². The first-order valence-corrected chi connectivity index (χ1v) is 2.07. The summed E-state index contributed by atoms with van der Waals surface area (Å²) in [6, 6.07) is 0. The van der Waals surface area contributed by atoms with Gasteiger partial charge in [0.25, 0.3) is 0 Å². The molecule has 35 valence electrons. The Morgan fingerprint density at radius 3 is 3.00 bits per heavy atom. The lowest BCUT2D eigenvalue weighted by molar-refractivity contribution is 0.392. The molecule has 1 aromatic rings. The second kappa shape index (κ2) is 1.79. The fourth-order valence-electron chi connectivity index (χ4n) is 0.261. The third-order valence-electron chi connectivity index (χ3n) is 0.497. The highest BCUT2D eigenvalue weighted by atomic mass is 28.2. The molecule has 0 fully saturated rings. The standard InChI is InChI=1S/C3H2NO2Si/c7-6-3-4-1-2-5-3/h1-2H. The second-order valence-corrected chi connectivity index (χ2v) is 1.10. The van der Waals surface area contributed by atoms with Crippen LogP contribution in [0.2, 0.25) is 0 Å². The van der Waals surface area contributed by atoms with Gasteiger partial charge in [0.1, 0.15) is 6.26 Å². The van der Waals surface area contributed by atoms with E-state index in [2.05, 4.69) is 24.3 Å². The molecule has 0 amide bonds. The van der Waals surface area contributed by atoms with Crippen molar-refractivity contribution in [1.29, 1.82) is 0 Å². The lowest BCUT2D eigenvalue weighted by atomic mass is 11.0. The third-order valence-corrected chi connectivity index (χ3v) is 0.672. The zero-order valence-electron chi connectivity index (χ0n) is 3.42. The van der Waals surface area contributed by atoms with Crippen LogP contribution >= 0.6 is 0 Å². The van der Waals surface area contributed by atoms with Crippen LogP contribution in [-0.2, 0) is 0 Å². The average molecular weight is 112 g/mol. The van der Waals surface area contributed by atoms with Crippen molar-refractivity contribution in [2.45, 2.75) is 0 Å². The van der Waals surface area contributed by atoms with Crippen molar-refractivity contribution in [2.75, 3.05) is 0 Å². The number of hydrogen-bond acceptors (Lipinski definition) is 3. The maximum atomic E-state index is 4.60. The molecule has 7 heavy (non-hydrogen) atoms. The van der Waals surface area contributed by atoms with Crippen molar-refractivity contribution in [3.63, 3.8) is 0 Å². The van der Waals surface area contributed by atoms with Crippen molar-refractivity contribution >= 4 is 10.5 Å². The van der Waals surface area contributed by atoms with Gasteiger partial charge in [-0.3, -0.25) is 0 Å². The summed E-state index contributed by atoms with van der Waals surface area (Å²) in [5.41, 5.74) is 0. The Hall–Kier alpha value is -0.773. The van der Waals surface area contributed by atoms with Gasteiger partial charge in [-0.25, -0.2) is 0 Å². The van der Waals surface area contributed by atoms with E-state index >= 15 is 0 Å². The molecule has 3 radical (unpaired) electrons. The molecule has 1 rings (SSSR count). The van der Waals surface area contributed by atoms with E-state index in [1.54, 1.807) is 0 Å². The van der Waals surface area contributed by atoms with E-state index in [0.717, 1.165) is 0 Å². The summed E-state index contributed by atoms with van der Waals surface area (Å²) in [5.74, 6) is 0. The van der Waals surface area contributed by atoms with Gasteiger partial charge in [-0.2, -0.15) is 4.98 Å². The van der Waals surface area contributed by atoms with Crippen LogP contribution in [0, 0.1) is 0 Å². The summed E-state index contributed by atoms with van der Waals surface area (Å²) in [6.45, 7) is 0. The van der Waals surface area contributed by atoms with E-state index in [-0.39, 0.29) is 6.08 Å². The van der Waals surface area contributed by atoms with Crippen LogP contribution in [0.5, 0.6) is 6.08 Å². The minimum atomic E-state index is 0.219. The molecule has 3 nitrogen and oxygen atoms in total. The third kappa shape index (κ3) is 0.804. The molecule has 0 aliphatic rings. The van der Waals surface area contributed by atoms with E-state index in [0.29, 0.717) is 0 Å². The molecular weight excluding hydrogens is 110 g/mol. The van der Waals surface area contributed by atoms with Crippen LogP contribution < -0.4 is 4.43 Å². The van der Waals surface area contributed by atoms with Crippen LogP contribution in [0.3, 0.4) is 0 Å². The van der Waals surface area contributed by atoms with Gasteiger partial charge in [0.05, 0.1) is 6.20 Å². The molecular formula is C3H2NO2Si. The van der Waals surface area contributed by atoms with Gasteiger partial charge >= 0.3 is 16.6 Å². The first kappa shape index (κ1) is 4.39. The van der Waals surface area contributed by atoms with Crippen molar-refractivity contribution in [1.82, 2.24) is 4.98 Å². The summed E-state index contributed by atoms with van der Waals surface area (Å²) in [6.07, 6.45) is 3.14. The largest absolute Gasteiger partial charge is 0.501 e. The Kier molecular flexibility index (Phi) is 1.12. The quantitative estimate of drug-likeness (QED) is 0.484. The van der Waals surface area contributed by atoms with Gasteiger partial charge in [0, 0.05) is 0 Å². The molecule has 0 N–H and O–H groups in total. The maximum absolute atomic E-state index is 4.60. The fraction of sp³-hybridized carbons (Fsp3) is 0. The van der Waals surface area contributed by atoms with Crippen LogP contribution in [0.25, 0.3) is 0 Å². The number of nitrogens with zero attached hydrogens (tertiary/aromatic N) is 1. The summed E-state index contributed by atoms with van der Waals surface area (Å²) in [4.78, 5) is 3.60. The van der Waals surface area contributed by atoms with Crippen molar-refractivity contribution in [3.8, 4) is 6.08 Å². The second-order valence-electron chi connectivity index (χ2n) is 0.900. The molecule has 0 saturated heterocycles. The number of hydrogen-bond donors (Lipinski definition) is 0. The van der Waals surface area contributed by atoms with E-state index < -0.39 is 0 Å². The summed E-state index contributed by atoms with van der Waals surface area (Å²) in [5, 5.41) is 0. The Morgan fingerprint density at radius 2 is 2.71 bits per heavy atom. The van der Waals surface area contributed by atoms with Gasteiger partial charge in [-0.15, -0.1) is 0 Å². The number of oxazole rings is 1. The summed E-state index contributed by atoms with van der Waals surface area (Å²) >= 11 is 0. The molecule has 0 spiro atoms. The summed E-state index contributed by atoms with van der Waals surface area (Å²) in [7, 11) is 2.72. The van der Waals surface area contributed by atoms with Crippen LogP contribution in [0.15, 0.2) is 16.9 Å². The molecule has 1 aromatic heterocycles. The lowest BCUT2D eigenvalue weighted by Gasteiger charge is -1.83. The first-order chi connectivity index (χ1) is 3.43. The van der Waals surface area contributed by atoms with Crippen molar-refractivity contribution < 1.29 is 8.84 Å². The Bertz CT molecular complexity index is 127. The monoisotopic (exact) mass is 112 g/mol. The predicted molar refractivity (Wildman–Crippen MR) is 22.9 cm³/mol. The van der Waals surface area contributed by atoms with E-state index in [4.69, 9.17) is 0 Å². The molecule has 4 heteroatoms. The fourth-order valence-corrected chi connectivity index (χ4v) is 0.362. The SMILES string of the molecule is [Si]Oc1ncco1. The van der Waals surface area contributed by atoms with Gasteiger partial charge < -0.3 is 8.84 Å². The molecule has 1 heterocycles. The first-order valence-electron chi connectivity index (χ1n) is 1.66. The van der Waals surface area contributed by atoms with Gasteiger partial charge in [-0.1, -0.05) is 0 Å². The van der Waals surface area contributed by atoms with E-state index in [1.165, 1.54) is 12.5 Å². The van der Waals surface area contributed by atoms with E-state index in [9.17, 15) is 0 Å².